The molecule has 0 unspecified atom stereocenters. The van der Waals surface area contributed by atoms with Crippen molar-refractivity contribution < 1.29 is 14.3 Å². The molecular formula is C29H45N2NaO3. The topological polar surface area (TPSA) is 85.2 Å². The van der Waals surface area contributed by atoms with Crippen molar-refractivity contribution in [3.05, 3.63) is 48.2 Å². The van der Waals surface area contributed by atoms with Gasteiger partial charge in [-0.3, -0.25) is 4.79 Å². The minimum atomic E-state index is -0.850. The van der Waals surface area contributed by atoms with E-state index in [9.17, 15) is 9.59 Å². The number of benzene rings is 1. The standard InChI is InChI=1S/C29H44N2O3.Na.H/c1-2-3-4-5-6-7-8-9-10-11-12-13-14-15-16-21-28(32)34-29(33)26(30)22-24-23-31-27-20-18-17-19-25(24)27;;/h9-10,17-20,23,26,31H,2-8,11-16,21-22,30H2,1H3;;/b10-9-;;/t26-;;/m0../s1. The number of allylic oxidation sites excluding steroid dienone is 2. The van der Waals surface area contributed by atoms with Crippen LogP contribution in [0.5, 0.6) is 0 Å². The normalized spacial score (nSPS) is 12.1. The van der Waals surface area contributed by atoms with Gasteiger partial charge in [-0.1, -0.05) is 88.6 Å². The minimum absolute atomic E-state index is 0. The monoisotopic (exact) mass is 492 g/mol. The Bertz CT molecular complexity index is 878. The number of nitrogens with one attached hydrogen (secondary N) is 1. The Labute approximate surface area is 233 Å². The molecule has 0 aliphatic heterocycles. The van der Waals surface area contributed by atoms with Crippen molar-refractivity contribution in [2.75, 3.05) is 0 Å². The van der Waals surface area contributed by atoms with Gasteiger partial charge in [0, 0.05) is 29.9 Å². The van der Waals surface area contributed by atoms with Crippen molar-refractivity contribution >= 4 is 52.4 Å². The number of aromatic nitrogens is 1. The molecule has 0 aliphatic rings. The van der Waals surface area contributed by atoms with Gasteiger partial charge in [-0.15, -0.1) is 0 Å². The van der Waals surface area contributed by atoms with Gasteiger partial charge in [0.05, 0.1) is 0 Å². The van der Waals surface area contributed by atoms with E-state index in [0.29, 0.717) is 6.42 Å². The molecule has 35 heavy (non-hydrogen) atoms. The number of hydrogen-bond donors (Lipinski definition) is 2. The zero-order chi connectivity index (χ0) is 24.4. The molecule has 0 radical (unpaired) electrons. The quantitative estimate of drug-likeness (QED) is 0.0818. The number of hydrogen-bond acceptors (Lipinski definition) is 4. The van der Waals surface area contributed by atoms with Crippen molar-refractivity contribution in [2.24, 2.45) is 5.73 Å². The number of rotatable bonds is 18. The van der Waals surface area contributed by atoms with Gasteiger partial charge in [-0.2, -0.15) is 0 Å². The Morgan fingerprint density at radius 2 is 1.51 bits per heavy atom. The molecule has 1 atom stereocenters. The summed E-state index contributed by atoms with van der Waals surface area (Å²) in [5.41, 5.74) is 7.93. The summed E-state index contributed by atoms with van der Waals surface area (Å²) in [5.74, 6) is -1.12. The van der Waals surface area contributed by atoms with E-state index < -0.39 is 18.0 Å². The molecular weight excluding hydrogens is 447 g/mol. The van der Waals surface area contributed by atoms with Crippen LogP contribution in [0.3, 0.4) is 0 Å². The summed E-state index contributed by atoms with van der Waals surface area (Å²) < 4.78 is 4.97. The Kier molecular flexibility index (Phi) is 17.8. The first-order chi connectivity index (χ1) is 16.6. The van der Waals surface area contributed by atoms with Crippen LogP contribution in [-0.2, 0) is 20.7 Å². The summed E-state index contributed by atoms with van der Waals surface area (Å²) in [7, 11) is 0. The fourth-order valence-corrected chi connectivity index (χ4v) is 4.20. The molecule has 1 aromatic heterocycles. The van der Waals surface area contributed by atoms with Crippen LogP contribution >= 0.6 is 0 Å². The second-order valence-corrected chi connectivity index (χ2v) is 9.30. The van der Waals surface area contributed by atoms with E-state index in [1.54, 1.807) is 0 Å². The first kappa shape index (κ1) is 31.6. The summed E-state index contributed by atoms with van der Waals surface area (Å²) >= 11 is 0. The van der Waals surface area contributed by atoms with Crippen molar-refractivity contribution in [3.63, 3.8) is 0 Å². The van der Waals surface area contributed by atoms with E-state index in [1.807, 2.05) is 30.5 Å². The molecule has 0 amide bonds. The van der Waals surface area contributed by atoms with Crippen LogP contribution in [0, 0.1) is 0 Å². The van der Waals surface area contributed by atoms with Gasteiger partial charge in [0.25, 0.3) is 0 Å². The average molecular weight is 493 g/mol. The summed E-state index contributed by atoms with van der Waals surface area (Å²) in [6.45, 7) is 2.25. The van der Waals surface area contributed by atoms with Crippen LogP contribution in [0.15, 0.2) is 42.6 Å². The summed E-state index contributed by atoms with van der Waals surface area (Å²) in [4.78, 5) is 27.4. The second kappa shape index (κ2) is 19.7. The molecule has 0 fully saturated rings. The number of H-pyrrole nitrogens is 1. The van der Waals surface area contributed by atoms with Crippen molar-refractivity contribution in [1.29, 1.82) is 0 Å². The zero-order valence-electron chi connectivity index (χ0n) is 21.0. The molecule has 1 heterocycles. The van der Waals surface area contributed by atoms with Crippen LogP contribution in [-0.4, -0.2) is 52.5 Å². The molecule has 6 heteroatoms. The molecule has 0 spiro atoms. The van der Waals surface area contributed by atoms with Crippen LogP contribution in [0.1, 0.15) is 102 Å². The third kappa shape index (κ3) is 13.5. The Morgan fingerprint density at radius 3 is 2.20 bits per heavy atom. The van der Waals surface area contributed by atoms with Gasteiger partial charge in [-0.05, 0) is 43.7 Å². The van der Waals surface area contributed by atoms with Gasteiger partial charge < -0.3 is 15.5 Å². The number of ether oxygens (including phenoxy) is 1. The molecule has 190 valence electrons. The van der Waals surface area contributed by atoms with E-state index in [4.69, 9.17) is 10.5 Å². The second-order valence-electron chi connectivity index (χ2n) is 9.30. The molecule has 0 saturated heterocycles. The number of aromatic amines is 1. The number of carbonyl (C=O) groups excluding carboxylic acids is 2. The van der Waals surface area contributed by atoms with Gasteiger partial charge in [-0.25, -0.2) is 4.79 Å². The third-order valence-electron chi connectivity index (χ3n) is 6.27. The first-order valence-electron chi connectivity index (χ1n) is 13.3. The number of unbranched alkanes of at least 4 members (excludes halogenated alkanes) is 11. The fraction of sp³-hybridized carbons (Fsp3) is 0.586. The number of esters is 2. The molecule has 2 aromatic rings. The van der Waals surface area contributed by atoms with E-state index in [0.717, 1.165) is 42.1 Å². The maximum atomic E-state index is 12.2. The number of nitrogens with two attached hydrogens (primary N) is 1. The van der Waals surface area contributed by atoms with Crippen LogP contribution < -0.4 is 5.73 Å². The van der Waals surface area contributed by atoms with Crippen molar-refractivity contribution in [3.8, 4) is 0 Å². The van der Waals surface area contributed by atoms with E-state index in [2.05, 4.69) is 24.1 Å². The van der Waals surface area contributed by atoms with Gasteiger partial charge in [0.15, 0.2) is 0 Å². The maximum absolute atomic E-state index is 12.2. The van der Waals surface area contributed by atoms with Gasteiger partial charge >= 0.3 is 41.5 Å². The number of carbonyl (C=O) groups is 2. The Morgan fingerprint density at radius 1 is 0.914 bits per heavy atom. The SMILES string of the molecule is CCCCCCCC/C=C\CCCCCCCC(=O)OC(=O)[C@@H](N)Cc1c[nH]c2ccccc12.[NaH]. The number of fused-ring (bicyclic) bond motifs is 1. The summed E-state index contributed by atoms with van der Waals surface area (Å²) in [6, 6.07) is 7.00. The molecule has 0 saturated carbocycles. The van der Waals surface area contributed by atoms with E-state index >= 15 is 0 Å². The predicted octanol–water partition coefficient (Wildman–Crippen LogP) is 6.50. The summed E-state index contributed by atoms with van der Waals surface area (Å²) in [5, 5.41) is 1.03. The Hall–Kier alpha value is -1.40. The first-order valence-corrected chi connectivity index (χ1v) is 13.3. The third-order valence-corrected chi connectivity index (χ3v) is 6.27. The van der Waals surface area contributed by atoms with E-state index in [-0.39, 0.29) is 36.0 Å². The predicted molar refractivity (Wildman–Crippen MR) is 148 cm³/mol. The zero-order valence-corrected chi connectivity index (χ0v) is 21.0. The molecule has 5 nitrogen and oxygen atoms in total. The fourth-order valence-electron chi connectivity index (χ4n) is 4.20. The average Bonchev–Trinajstić information content (AvgIpc) is 3.24. The van der Waals surface area contributed by atoms with Crippen molar-refractivity contribution in [2.45, 2.75) is 109 Å². The van der Waals surface area contributed by atoms with E-state index in [1.165, 1.54) is 57.8 Å². The molecule has 2 rings (SSSR count). The number of para-hydroxylation sites is 1. The van der Waals surface area contributed by atoms with Crippen LogP contribution in [0.2, 0.25) is 0 Å². The van der Waals surface area contributed by atoms with Crippen LogP contribution in [0.25, 0.3) is 10.9 Å². The van der Waals surface area contributed by atoms with Gasteiger partial charge in [0.1, 0.15) is 6.04 Å². The Balaban J connectivity index is 0.00000612. The van der Waals surface area contributed by atoms with Crippen molar-refractivity contribution in [1.82, 2.24) is 4.98 Å². The van der Waals surface area contributed by atoms with Crippen LogP contribution in [0.4, 0.5) is 0 Å². The molecule has 1 aromatic carbocycles. The summed E-state index contributed by atoms with van der Waals surface area (Å²) in [6.07, 6.45) is 22.7. The molecule has 3 N–H and O–H groups in total. The molecule has 0 bridgehead atoms. The molecule has 0 aliphatic carbocycles. The van der Waals surface area contributed by atoms with Gasteiger partial charge in [0.2, 0.25) is 0 Å².